The third kappa shape index (κ3) is 4.00. The normalized spacial score (nSPS) is 27.6. The number of rotatable bonds is 5. The highest BCUT2D eigenvalue weighted by atomic mass is 19.1. The molecule has 166 valence electrons. The van der Waals surface area contributed by atoms with Gasteiger partial charge in [-0.15, -0.1) is 0 Å². The van der Waals surface area contributed by atoms with E-state index in [0.717, 1.165) is 13.8 Å². The molecule has 1 aromatic heterocycles. The Morgan fingerprint density at radius 1 is 1.23 bits per heavy atom. The van der Waals surface area contributed by atoms with Crippen LogP contribution in [0.5, 0.6) is 0 Å². The number of carbonyl (C=O) groups is 2. The molecule has 11 heteroatoms. The van der Waals surface area contributed by atoms with Gasteiger partial charge in [-0.1, -0.05) is 18.2 Å². The Kier molecular flexibility index (Phi) is 5.81. The van der Waals surface area contributed by atoms with Crippen molar-refractivity contribution >= 4 is 11.9 Å². The van der Waals surface area contributed by atoms with Crippen LogP contribution in [-0.4, -0.2) is 45.5 Å². The molecule has 1 aromatic carbocycles. The van der Waals surface area contributed by atoms with Crippen LogP contribution in [0.3, 0.4) is 0 Å². The van der Waals surface area contributed by atoms with Gasteiger partial charge in [0.1, 0.15) is 12.7 Å². The number of aromatic amines is 1. The molecule has 9 nitrogen and oxygen atoms in total. The van der Waals surface area contributed by atoms with E-state index in [2.05, 4.69) is 0 Å². The van der Waals surface area contributed by atoms with Crippen LogP contribution in [0.15, 0.2) is 46.1 Å². The fraction of sp³-hybridized carbons (Fsp3) is 0.400. The van der Waals surface area contributed by atoms with Crippen molar-refractivity contribution < 1.29 is 32.6 Å². The number of halogens is 2. The van der Waals surface area contributed by atoms with E-state index in [1.54, 1.807) is 23.2 Å². The number of carbonyl (C=O) groups excluding carboxylic acids is 2. The van der Waals surface area contributed by atoms with E-state index >= 15 is 4.39 Å². The minimum Gasteiger partial charge on any atom is -0.459 e. The van der Waals surface area contributed by atoms with Gasteiger partial charge in [-0.25, -0.2) is 14.0 Å². The average molecular weight is 438 g/mol. The number of ether oxygens (including phenoxy) is 3. The van der Waals surface area contributed by atoms with Crippen molar-refractivity contribution in [1.82, 2.24) is 9.55 Å². The number of nitrogens with one attached hydrogen (secondary N) is 1. The molecule has 1 N–H and O–H groups in total. The Bertz CT molecular complexity index is 1110. The van der Waals surface area contributed by atoms with E-state index in [1.807, 2.05) is 0 Å². The number of esters is 2. The van der Waals surface area contributed by atoms with E-state index < -0.39 is 59.2 Å². The Balaban J connectivity index is 1.95. The van der Waals surface area contributed by atoms with Crippen molar-refractivity contribution in [2.45, 2.75) is 44.4 Å². The van der Waals surface area contributed by atoms with Gasteiger partial charge in [0.05, 0.1) is 11.8 Å². The second-order valence-electron chi connectivity index (χ2n) is 7.36. The number of nitrogens with zero attached hydrogens (tertiary/aromatic N) is 1. The summed E-state index contributed by atoms with van der Waals surface area (Å²) in [5.41, 5.74) is -6.79. The van der Waals surface area contributed by atoms with Crippen LogP contribution in [0.25, 0.3) is 0 Å². The number of H-pyrrole nitrogens is 1. The molecule has 0 saturated carbocycles. The minimum atomic E-state index is -2.59. The summed E-state index contributed by atoms with van der Waals surface area (Å²) < 4.78 is 46.2. The molecule has 2 aromatic rings. The third-order valence-electron chi connectivity index (χ3n) is 5.25. The molecule has 0 bridgehead atoms. The van der Waals surface area contributed by atoms with Gasteiger partial charge >= 0.3 is 17.6 Å². The fourth-order valence-corrected chi connectivity index (χ4v) is 3.41. The molecule has 0 spiro atoms. The molecule has 1 fully saturated rings. The van der Waals surface area contributed by atoms with Gasteiger partial charge in [0.15, 0.2) is 17.5 Å². The van der Waals surface area contributed by atoms with E-state index in [4.69, 9.17) is 14.2 Å². The lowest BCUT2D eigenvalue weighted by Gasteiger charge is -2.36. The molecule has 1 aliphatic heterocycles. The number of alkyl halides is 1. The van der Waals surface area contributed by atoms with E-state index in [1.165, 1.54) is 19.1 Å². The minimum absolute atomic E-state index is 0.230. The maximum Gasteiger partial charge on any atom is 0.338 e. The molecule has 31 heavy (non-hydrogen) atoms. The molecule has 0 aliphatic carbocycles. The summed E-state index contributed by atoms with van der Waals surface area (Å²) in [7, 11) is 0. The van der Waals surface area contributed by atoms with E-state index in [-0.39, 0.29) is 5.56 Å². The molecule has 1 aliphatic rings. The molecule has 0 amide bonds. The first-order valence-corrected chi connectivity index (χ1v) is 9.24. The van der Waals surface area contributed by atoms with Gasteiger partial charge in [0, 0.05) is 6.92 Å². The molecule has 1 saturated heterocycles. The lowest BCUT2D eigenvalue weighted by molar-refractivity contribution is -0.175. The van der Waals surface area contributed by atoms with Crippen LogP contribution in [0.2, 0.25) is 0 Å². The van der Waals surface area contributed by atoms with Gasteiger partial charge in [0.25, 0.3) is 5.56 Å². The van der Waals surface area contributed by atoms with Crippen molar-refractivity contribution in [3.63, 3.8) is 0 Å². The van der Waals surface area contributed by atoms with Crippen molar-refractivity contribution in [2.24, 2.45) is 0 Å². The Labute approximate surface area is 174 Å². The molecular weight excluding hydrogens is 418 g/mol. The maximum absolute atomic E-state index is 16.0. The fourth-order valence-electron chi connectivity index (χ4n) is 3.41. The largest absolute Gasteiger partial charge is 0.459 e. The van der Waals surface area contributed by atoms with Gasteiger partial charge in [0.2, 0.25) is 5.82 Å². The summed E-state index contributed by atoms with van der Waals surface area (Å²) in [4.78, 5) is 49.1. The standard InChI is InChI=1S/C20H20F2N2O7/c1-11(25)31-20(3)14(10-29-16(27)12-7-5-4-6-8-12)30-17(19(20,2)22)24-9-13(21)15(26)23-18(24)28/h4-9,14,17H,10H2,1-3H3,(H,23,26,28)/t14-,17+,19+,20-/m1/s1. The van der Waals surface area contributed by atoms with Crippen molar-refractivity contribution in [3.05, 3.63) is 68.7 Å². The lowest BCUT2D eigenvalue weighted by Crippen LogP contribution is -2.55. The smallest absolute Gasteiger partial charge is 0.338 e. The van der Waals surface area contributed by atoms with Crippen molar-refractivity contribution in [1.29, 1.82) is 0 Å². The molecule has 3 rings (SSSR count). The van der Waals surface area contributed by atoms with Crippen LogP contribution in [-0.2, 0) is 19.0 Å². The van der Waals surface area contributed by atoms with Crippen LogP contribution in [0.1, 0.15) is 37.4 Å². The zero-order valence-corrected chi connectivity index (χ0v) is 16.9. The van der Waals surface area contributed by atoms with Crippen molar-refractivity contribution in [3.8, 4) is 0 Å². The Morgan fingerprint density at radius 3 is 2.48 bits per heavy atom. The van der Waals surface area contributed by atoms with Crippen LogP contribution < -0.4 is 11.2 Å². The summed E-state index contributed by atoms with van der Waals surface area (Å²) in [6, 6.07) is 7.96. The summed E-state index contributed by atoms with van der Waals surface area (Å²) in [5.74, 6) is -2.92. The summed E-state index contributed by atoms with van der Waals surface area (Å²) in [5, 5.41) is 0. The second-order valence-corrected chi connectivity index (χ2v) is 7.36. The number of hydrogen-bond donors (Lipinski definition) is 1. The highest BCUT2D eigenvalue weighted by Crippen LogP contribution is 2.50. The first-order valence-electron chi connectivity index (χ1n) is 9.24. The molecular formula is C20H20F2N2O7. The Morgan fingerprint density at radius 2 is 1.87 bits per heavy atom. The monoisotopic (exact) mass is 438 g/mol. The van der Waals surface area contributed by atoms with Gasteiger partial charge in [-0.2, -0.15) is 4.39 Å². The van der Waals surface area contributed by atoms with Gasteiger partial charge < -0.3 is 14.2 Å². The molecule has 4 atom stereocenters. The van der Waals surface area contributed by atoms with E-state index in [0.29, 0.717) is 10.8 Å². The predicted molar refractivity (Wildman–Crippen MR) is 102 cm³/mol. The topological polar surface area (TPSA) is 117 Å². The predicted octanol–water partition coefficient (Wildman–Crippen LogP) is 1.48. The van der Waals surface area contributed by atoms with Gasteiger partial charge in [-0.05, 0) is 26.0 Å². The summed E-state index contributed by atoms with van der Waals surface area (Å²) in [6.45, 7) is 2.72. The average Bonchev–Trinajstić information content (AvgIpc) is 2.89. The lowest BCUT2D eigenvalue weighted by atomic mass is 9.84. The molecule has 0 unspecified atom stereocenters. The molecule has 0 radical (unpaired) electrons. The SMILES string of the molecule is CC(=O)O[C@]1(C)[C@@H](COC(=O)c2ccccc2)O[C@H](n2cc(F)c(=O)[nH]c2=O)[C@]1(C)F. The highest BCUT2D eigenvalue weighted by Gasteiger charge is 2.66. The first kappa shape index (κ1) is 22.3. The van der Waals surface area contributed by atoms with Crippen molar-refractivity contribution in [2.75, 3.05) is 6.61 Å². The van der Waals surface area contributed by atoms with E-state index in [9.17, 15) is 23.6 Å². The summed E-state index contributed by atoms with van der Waals surface area (Å²) in [6.07, 6.45) is -2.65. The second kappa shape index (κ2) is 8.06. The van der Waals surface area contributed by atoms with Gasteiger partial charge in [-0.3, -0.25) is 19.1 Å². The zero-order valence-electron chi connectivity index (χ0n) is 16.9. The van der Waals surface area contributed by atoms with Crippen LogP contribution in [0.4, 0.5) is 8.78 Å². The number of hydrogen-bond acceptors (Lipinski definition) is 7. The summed E-state index contributed by atoms with van der Waals surface area (Å²) >= 11 is 0. The third-order valence-corrected chi connectivity index (χ3v) is 5.25. The quantitative estimate of drug-likeness (QED) is 0.703. The zero-order chi connectivity index (χ0) is 23.0. The highest BCUT2D eigenvalue weighted by molar-refractivity contribution is 5.89. The Hall–Kier alpha value is -3.34. The maximum atomic E-state index is 16.0. The number of benzene rings is 1. The van der Waals surface area contributed by atoms with Crippen LogP contribution in [0, 0.1) is 5.82 Å². The number of aromatic nitrogens is 2. The first-order chi connectivity index (χ1) is 14.5. The molecule has 2 heterocycles. The van der Waals surface area contributed by atoms with Crippen LogP contribution >= 0.6 is 0 Å².